The molecule has 1 aromatic carbocycles. The third kappa shape index (κ3) is 5.94. The molecule has 7 nitrogen and oxygen atoms in total. The van der Waals surface area contributed by atoms with Crippen molar-refractivity contribution in [1.82, 2.24) is 15.5 Å². The first-order valence-electron chi connectivity index (χ1n) is 10.4. The predicted octanol–water partition coefficient (Wildman–Crippen LogP) is 1.48. The number of nitrogens with two attached hydrogens (primary N) is 1. The van der Waals surface area contributed by atoms with Gasteiger partial charge in [-0.25, -0.2) is 4.99 Å². The number of rotatable bonds is 8. The molecule has 4 N–H and O–H groups in total. The number of ether oxygens (including phenoxy) is 1. The van der Waals surface area contributed by atoms with Gasteiger partial charge >= 0.3 is 0 Å². The first-order valence-corrected chi connectivity index (χ1v) is 10.4. The number of guanidine groups is 1. The Kier molecular flexibility index (Phi) is 7.68. The molecule has 2 atom stereocenters. The van der Waals surface area contributed by atoms with Gasteiger partial charge in [0.15, 0.2) is 5.96 Å². The third-order valence-electron chi connectivity index (χ3n) is 5.56. The summed E-state index contributed by atoms with van der Waals surface area (Å²) in [4.78, 5) is 19.3. The molecule has 28 heavy (non-hydrogen) atoms. The summed E-state index contributed by atoms with van der Waals surface area (Å²) in [6.45, 7) is 7.07. The summed E-state index contributed by atoms with van der Waals surface area (Å²) in [6.07, 6.45) is 4.68. The minimum Gasteiger partial charge on any atom is -0.376 e. The number of likely N-dealkylation sites (N-methyl/N-ethyl adjacent to an activating group) is 1. The second-order valence-electron chi connectivity index (χ2n) is 7.55. The normalized spacial score (nSPS) is 23.1. The van der Waals surface area contributed by atoms with E-state index in [1.54, 1.807) is 0 Å². The molecule has 1 amide bonds. The van der Waals surface area contributed by atoms with Crippen molar-refractivity contribution in [3.05, 3.63) is 35.4 Å². The molecule has 2 aliphatic heterocycles. The highest BCUT2D eigenvalue weighted by molar-refractivity contribution is 5.94. The molecule has 0 aromatic heterocycles. The number of nitrogens with one attached hydrogen (secondary N) is 2. The summed E-state index contributed by atoms with van der Waals surface area (Å²) >= 11 is 0. The van der Waals surface area contributed by atoms with Gasteiger partial charge in [0, 0.05) is 31.3 Å². The Balaban J connectivity index is 1.46. The van der Waals surface area contributed by atoms with Crippen molar-refractivity contribution in [2.75, 3.05) is 32.8 Å². The maximum Gasteiger partial charge on any atom is 0.251 e. The number of carbonyl (C=O) groups excluding carboxylic acids is 1. The molecule has 0 radical (unpaired) electrons. The van der Waals surface area contributed by atoms with Gasteiger partial charge in [-0.05, 0) is 56.5 Å². The fourth-order valence-electron chi connectivity index (χ4n) is 3.92. The Hall–Kier alpha value is -2.12. The minimum atomic E-state index is -0.0756. The van der Waals surface area contributed by atoms with Gasteiger partial charge < -0.3 is 21.1 Å². The lowest BCUT2D eigenvalue weighted by Crippen LogP contribution is -2.42. The van der Waals surface area contributed by atoms with E-state index < -0.39 is 0 Å². The second-order valence-corrected chi connectivity index (χ2v) is 7.55. The third-order valence-corrected chi connectivity index (χ3v) is 5.56. The summed E-state index contributed by atoms with van der Waals surface area (Å²) in [5.74, 6) is 0.379. The zero-order chi connectivity index (χ0) is 19.8. The Bertz CT molecular complexity index is 673. The summed E-state index contributed by atoms with van der Waals surface area (Å²) in [5, 5.41) is 6.19. The standard InChI is InChI=1S/C21H33N5O2/c1-2-26-10-4-8-18(26)14-25-21(22)24-13-16-6-3-7-17(12-16)20(27)23-15-19-9-5-11-28-19/h3,6-7,12,18-19H,2,4-5,8-11,13-15H2,1H3,(H,23,27)(H3,22,24,25). The van der Waals surface area contributed by atoms with Crippen molar-refractivity contribution < 1.29 is 9.53 Å². The highest BCUT2D eigenvalue weighted by Crippen LogP contribution is 2.15. The van der Waals surface area contributed by atoms with Crippen LogP contribution in [-0.2, 0) is 11.3 Å². The van der Waals surface area contributed by atoms with Gasteiger partial charge in [-0.2, -0.15) is 0 Å². The van der Waals surface area contributed by atoms with Crippen LogP contribution in [0.3, 0.4) is 0 Å². The van der Waals surface area contributed by atoms with Gasteiger partial charge in [-0.3, -0.25) is 9.69 Å². The number of benzene rings is 1. The lowest BCUT2D eigenvalue weighted by atomic mass is 10.1. The van der Waals surface area contributed by atoms with E-state index in [4.69, 9.17) is 10.5 Å². The Morgan fingerprint density at radius 1 is 1.29 bits per heavy atom. The summed E-state index contributed by atoms with van der Waals surface area (Å²) in [6, 6.07) is 8.07. The number of amides is 1. The van der Waals surface area contributed by atoms with E-state index in [-0.39, 0.29) is 12.0 Å². The number of likely N-dealkylation sites (tertiary alicyclic amines) is 1. The highest BCUT2D eigenvalue weighted by Gasteiger charge is 2.22. The Labute approximate surface area is 167 Å². The molecule has 2 unspecified atom stereocenters. The van der Waals surface area contributed by atoms with Gasteiger partial charge in [0.2, 0.25) is 0 Å². The van der Waals surface area contributed by atoms with E-state index in [0.29, 0.717) is 30.7 Å². The maximum atomic E-state index is 12.4. The summed E-state index contributed by atoms with van der Waals surface area (Å²) in [7, 11) is 0. The quantitative estimate of drug-likeness (QED) is 0.464. The van der Waals surface area contributed by atoms with E-state index in [9.17, 15) is 4.79 Å². The van der Waals surface area contributed by atoms with Gasteiger partial charge in [-0.15, -0.1) is 0 Å². The monoisotopic (exact) mass is 387 g/mol. The van der Waals surface area contributed by atoms with Crippen LogP contribution in [0.1, 0.15) is 48.5 Å². The van der Waals surface area contributed by atoms with Crippen molar-refractivity contribution >= 4 is 11.9 Å². The number of nitrogens with zero attached hydrogens (tertiary/aromatic N) is 2. The van der Waals surface area contributed by atoms with Crippen LogP contribution in [0.25, 0.3) is 0 Å². The van der Waals surface area contributed by atoms with Crippen LogP contribution in [0, 0.1) is 0 Å². The molecule has 7 heteroatoms. The van der Waals surface area contributed by atoms with E-state index in [1.165, 1.54) is 19.4 Å². The van der Waals surface area contributed by atoms with Crippen LogP contribution in [0.4, 0.5) is 0 Å². The fraction of sp³-hybridized carbons (Fsp3) is 0.619. The average Bonchev–Trinajstić information content (AvgIpc) is 3.40. The lowest BCUT2D eigenvalue weighted by molar-refractivity contribution is 0.0857. The van der Waals surface area contributed by atoms with Crippen LogP contribution in [0.2, 0.25) is 0 Å². The molecule has 1 aromatic rings. The molecule has 3 rings (SSSR count). The van der Waals surface area contributed by atoms with E-state index in [2.05, 4.69) is 27.4 Å². The molecule has 0 spiro atoms. The van der Waals surface area contributed by atoms with E-state index in [0.717, 1.165) is 38.1 Å². The van der Waals surface area contributed by atoms with Crippen LogP contribution in [0.15, 0.2) is 29.3 Å². The van der Waals surface area contributed by atoms with Crippen molar-refractivity contribution in [1.29, 1.82) is 0 Å². The van der Waals surface area contributed by atoms with Crippen molar-refractivity contribution in [2.45, 2.75) is 51.3 Å². The molecule has 2 aliphatic rings. The molecule has 2 fully saturated rings. The van der Waals surface area contributed by atoms with Gasteiger partial charge in [-0.1, -0.05) is 19.1 Å². The molecule has 0 saturated carbocycles. The Morgan fingerprint density at radius 3 is 2.96 bits per heavy atom. The molecule has 2 saturated heterocycles. The Morgan fingerprint density at radius 2 is 2.18 bits per heavy atom. The minimum absolute atomic E-state index is 0.0756. The van der Waals surface area contributed by atoms with E-state index in [1.807, 2.05) is 24.3 Å². The first-order chi connectivity index (χ1) is 13.7. The summed E-state index contributed by atoms with van der Waals surface area (Å²) < 4.78 is 5.55. The molecule has 154 valence electrons. The first kappa shape index (κ1) is 20.6. The van der Waals surface area contributed by atoms with Gasteiger partial charge in [0.25, 0.3) is 5.91 Å². The average molecular weight is 388 g/mol. The van der Waals surface area contributed by atoms with Crippen LogP contribution in [-0.4, -0.2) is 61.7 Å². The van der Waals surface area contributed by atoms with E-state index >= 15 is 0 Å². The van der Waals surface area contributed by atoms with Gasteiger partial charge in [0.1, 0.15) is 0 Å². The lowest BCUT2D eigenvalue weighted by Gasteiger charge is -2.23. The second kappa shape index (κ2) is 10.4. The van der Waals surface area contributed by atoms with Crippen LogP contribution >= 0.6 is 0 Å². The largest absolute Gasteiger partial charge is 0.376 e. The number of carbonyl (C=O) groups is 1. The van der Waals surface area contributed by atoms with Crippen molar-refractivity contribution in [3.8, 4) is 0 Å². The number of aliphatic imine (C=N–C) groups is 1. The summed E-state index contributed by atoms with van der Waals surface area (Å²) in [5.41, 5.74) is 7.63. The topological polar surface area (TPSA) is 92.0 Å². The molecule has 0 bridgehead atoms. The molecular weight excluding hydrogens is 354 g/mol. The van der Waals surface area contributed by atoms with Crippen molar-refractivity contribution in [2.24, 2.45) is 10.7 Å². The number of hydrogen-bond donors (Lipinski definition) is 3. The zero-order valence-electron chi connectivity index (χ0n) is 16.8. The van der Waals surface area contributed by atoms with Crippen LogP contribution < -0.4 is 16.4 Å². The predicted molar refractivity (Wildman–Crippen MR) is 111 cm³/mol. The zero-order valence-corrected chi connectivity index (χ0v) is 16.8. The number of hydrogen-bond acceptors (Lipinski definition) is 4. The highest BCUT2D eigenvalue weighted by atomic mass is 16.5. The van der Waals surface area contributed by atoms with Gasteiger partial charge in [0.05, 0.1) is 12.6 Å². The maximum absolute atomic E-state index is 12.4. The van der Waals surface area contributed by atoms with Crippen LogP contribution in [0.5, 0.6) is 0 Å². The fourth-order valence-corrected chi connectivity index (χ4v) is 3.92. The molecule has 2 heterocycles. The molecule has 0 aliphatic carbocycles. The molecular formula is C21H33N5O2. The van der Waals surface area contributed by atoms with Crippen molar-refractivity contribution in [3.63, 3.8) is 0 Å². The smallest absolute Gasteiger partial charge is 0.251 e. The SMILES string of the molecule is CCN1CCCC1CNC(N)=NCc1cccc(C(=O)NCC2CCCO2)c1.